The molecule has 0 radical (unpaired) electrons. The number of methoxy groups -OCH3 is 1. The zero-order valence-corrected chi connectivity index (χ0v) is 14.1. The van der Waals surface area contributed by atoms with Crippen molar-refractivity contribution in [1.29, 1.82) is 0 Å². The van der Waals surface area contributed by atoms with Crippen LogP contribution >= 0.6 is 0 Å². The van der Waals surface area contributed by atoms with Crippen molar-refractivity contribution in [3.63, 3.8) is 0 Å². The Bertz CT molecular complexity index is 580. The molecule has 0 heterocycles. The number of hydrogen-bond acceptors (Lipinski definition) is 3. The lowest BCUT2D eigenvalue weighted by molar-refractivity contribution is 0.309. The fourth-order valence-electron chi connectivity index (χ4n) is 2.59. The monoisotopic (exact) mass is 313 g/mol. The van der Waals surface area contributed by atoms with E-state index in [1.165, 1.54) is 11.1 Å². The molecule has 0 fully saturated rings. The van der Waals surface area contributed by atoms with Crippen molar-refractivity contribution in [3.05, 3.63) is 59.7 Å². The molecular formula is C20H27NO2. The highest BCUT2D eigenvalue weighted by atomic mass is 16.5. The molecule has 23 heavy (non-hydrogen) atoms. The van der Waals surface area contributed by atoms with Gasteiger partial charge in [-0.15, -0.1) is 0 Å². The lowest BCUT2D eigenvalue weighted by atomic mass is 9.92. The van der Waals surface area contributed by atoms with E-state index in [-0.39, 0.29) is 0 Å². The average Bonchev–Trinajstić information content (AvgIpc) is 2.60. The molecule has 3 heteroatoms. The Balaban J connectivity index is 2.04. The van der Waals surface area contributed by atoms with E-state index < -0.39 is 0 Å². The minimum absolute atomic E-state index is 0.298. The normalized spacial score (nSPS) is 12.0. The van der Waals surface area contributed by atoms with Crippen LogP contribution in [0.15, 0.2) is 48.5 Å². The molecule has 2 N–H and O–H groups in total. The number of ether oxygens (including phenoxy) is 2. The molecule has 0 bridgehead atoms. The summed E-state index contributed by atoms with van der Waals surface area (Å²) in [6, 6.07) is 16.5. The second-order valence-corrected chi connectivity index (χ2v) is 5.76. The second kappa shape index (κ2) is 9.21. The van der Waals surface area contributed by atoms with Gasteiger partial charge in [0.1, 0.15) is 11.5 Å². The molecule has 2 aromatic rings. The molecule has 1 unspecified atom stereocenters. The van der Waals surface area contributed by atoms with Crippen molar-refractivity contribution in [2.45, 2.75) is 32.1 Å². The highest BCUT2D eigenvalue weighted by Gasteiger charge is 2.11. The van der Waals surface area contributed by atoms with Gasteiger partial charge in [0.05, 0.1) is 13.7 Å². The maximum atomic E-state index is 6.00. The van der Waals surface area contributed by atoms with Crippen LogP contribution in [0.5, 0.6) is 11.5 Å². The van der Waals surface area contributed by atoms with Gasteiger partial charge in [-0.1, -0.05) is 37.6 Å². The van der Waals surface area contributed by atoms with Gasteiger partial charge in [-0.2, -0.15) is 0 Å². The van der Waals surface area contributed by atoms with E-state index in [1.807, 2.05) is 18.2 Å². The van der Waals surface area contributed by atoms with E-state index >= 15 is 0 Å². The Hall–Kier alpha value is -2.00. The van der Waals surface area contributed by atoms with Crippen LogP contribution in [0.2, 0.25) is 0 Å². The highest BCUT2D eigenvalue weighted by molar-refractivity contribution is 5.33. The summed E-state index contributed by atoms with van der Waals surface area (Å²) in [6.45, 7) is 3.56. The van der Waals surface area contributed by atoms with Crippen LogP contribution in [-0.4, -0.2) is 20.3 Å². The van der Waals surface area contributed by atoms with Gasteiger partial charge in [0, 0.05) is 5.92 Å². The van der Waals surface area contributed by atoms with E-state index in [4.69, 9.17) is 15.2 Å². The van der Waals surface area contributed by atoms with Gasteiger partial charge in [-0.25, -0.2) is 0 Å². The molecule has 0 aromatic heterocycles. The largest absolute Gasteiger partial charge is 0.497 e. The number of nitrogens with two attached hydrogens (primary N) is 1. The van der Waals surface area contributed by atoms with E-state index in [0.29, 0.717) is 12.5 Å². The molecule has 0 aliphatic carbocycles. The van der Waals surface area contributed by atoms with Crippen molar-refractivity contribution in [2.24, 2.45) is 5.73 Å². The summed E-state index contributed by atoms with van der Waals surface area (Å²) in [5.74, 6) is 2.11. The third-order valence-corrected chi connectivity index (χ3v) is 4.02. The molecule has 0 aliphatic rings. The molecule has 0 aliphatic heterocycles. The van der Waals surface area contributed by atoms with Crippen LogP contribution in [0.25, 0.3) is 0 Å². The van der Waals surface area contributed by atoms with Crippen molar-refractivity contribution < 1.29 is 9.47 Å². The SMILES string of the molecule is CCCCOc1cccc(CC(CN)c2ccc(OC)cc2)c1. The van der Waals surface area contributed by atoms with Crippen molar-refractivity contribution in [1.82, 2.24) is 0 Å². The summed E-state index contributed by atoms with van der Waals surface area (Å²) >= 11 is 0. The van der Waals surface area contributed by atoms with Gasteiger partial charge in [-0.3, -0.25) is 0 Å². The summed E-state index contributed by atoms with van der Waals surface area (Å²) in [5.41, 5.74) is 8.49. The van der Waals surface area contributed by atoms with Gasteiger partial charge in [0.25, 0.3) is 0 Å². The van der Waals surface area contributed by atoms with Crippen molar-refractivity contribution in [2.75, 3.05) is 20.3 Å². The first-order valence-corrected chi connectivity index (χ1v) is 8.32. The summed E-state index contributed by atoms with van der Waals surface area (Å²) in [4.78, 5) is 0. The van der Waals surface area contributed by atoms with Crippen LogP contribution in [0.1, 0.15) is 36.8 Å². The van der Waals surface area contributed by atoms with E-state index in [9.17, 15) is 0 Å². The molecule has 0 amide bonds. The van der Waals surface area contributed by atoms with Gasteiger partial charge >= 0.3 is 0 Å². The Morgan fingerprint density at radius 1 is 1.04 bits per heavy atom. The van der Waals surface area contributed by atoms with Crippen LogP contribution in [0, 0.1) is 0 Å². The molecule has 0 saturated heterocycles. The smallest absolute Gasteiger partial charge is 0.119 e. The fraction of sp³-hybridized carbons (Fsp3) is 0.400. The lowest BCUT2D eigenvalue weighted by Gasteiger charge is -2.16. The zero-order valence-electron chi connectivity index (χ0n) is 14.1. The Labute approximate surface area is 139 Å². The van der Waals surface area contributed by atoms with Gasteiger partial charge < -0.3 is 15.2 Å². The second-order valence-electron chi connectivity index (χ2n) is 5.76. The predicted octanol–water partition coefficient (Wildman–Crippen LogP) is 4.16. The van der Waals surface area contributed by atoms with Crippen molar-refractivity contribution in [3.8, 4) is 11.5 Å². The molecule has 2 rings (SSSR count). The third-order valence-electron chi connectivity index (χ3n) is 4.02. The molecule has 0 saturated carbocycles. The van der Waals surface area contributed by atoms with Crippen LogP contribution in [-0.2, 0) is 6.42 Å². The molecule has 1 atom stereocenters. The average molecular weight is 313 g/mol. The van der Waals surface area contributed by atoms with E-state index in [1.54, 1.807) is 7.11 Å². The summed E-state index contributed by atoms with van der Waals surface area (Å²) < 4.78 is 11.0. The third kappa shape index (κ3) is 5.29. The number of rotatable bonds is 9. The Kier molecular flexibility index (Phi) is 6.95. The van der Waals surface area contributed by atoms with Gasteiger partial charge in [0.15, 0.2) is 0 Å². The Morgan fingerprint density at radius 3 is 2.48 bits per heavy atom. The first-order valence-electron chi connectivity index (χ1n) is 8.32. The standard InChI is InChI=1S/C20H27NO2/c1-3-4-12-23-20-7-5-6-16(14-20)13-18(15-21)17-8-10-19(22-2)11-9-17/h5-11,14,18H,3-4,12-13,15,21H2,1-2H3. The highest BCUT2D eigenvalue weighted by Crippen LogP contribution is 2.24. The lowest BCUT2D eigenvalue weighted by Crippen LogP contribution is -2.15. The Morgan fingerprint density at radius 2 is 1.83 bits per heavy atom. The van der Waals surface area contributed by atoms with Crippen LogP contribution in [0.3, 0.4) is 0 Å². The van der Waals surface area contributed by atoms with Crippen LogP contribution < -0.4 is 15.2 Å². The first kappa shape index (κ1) is 17.4. The van der Waals surface area contributed by atoms with Crippen molar-refractivity contribution >= 4 is 0 Å². The molecule has 2 aromatic carbocycles. The minimum Gasteiger partial charge on any atom is -0.497 e. The molecule has 3 nitrogen and oxygen atoms in total. The minimum atomic E-state index is 0.298. The zero-order chi connectivity index (χ0) is 16.5. The fourth-order valence-corrected chi connectivity index (χ4v) is 2.59. The molecule has 124 valence electrons. The number of unbranched alkanes of at least 4 members (excludes halogenated alkanes) is 1. The summed E-state index contributed by atoms with van der Waals surface area (Å²) in [6.07, 6.45) is 3.14. The molecular weight excluding hydrogens is 286 g/mol. The number of benzene rings is 2. The maximum absolute atomic E-state index is 6.00. The van der Waals surface area contributed by atoms with E-state index in [2.05, 4.69) is 37.3 Å². The summed E-state index contributed by atoms with van der Waals surface area (Å²) in [5, 5.41) is 0. The maximum Gasteiger partial charge on any atom is 0.119 e. The van der Waals surface area contributed by atoms with Crippen LogP contribution in [0.4, 0.5) is 0 Å². The predicted molar refractivity (Wildman–Crippen MR) is 95.3 cm³/mol. The first-order chi connectivity index (χ1) is 11.3. The molecule has 0 spiro atoms. The van der Waals surface area contributed by atoms with E-state index in [0.717, 1.165) is 37.4 Å². The quantitative estimate of drug-likeness (QED) is 0.707. The topological polar surface area (TPSA) is 44.5 Å². The number of hydrogen-bond donors (Lipinski definition) is 1. The summed E-state index contributed by atoms with van der Waals surface area (Å²) in [7, 11) is 1.68. The van der Waals surface area contributed by atoms with Gasteiger partial charge in [-0.05, 0) is 54.8 Å². The van der Waals surface area contributed by atoms with Gasteiger partial charge in [0.2, 0.25) is 0 Å².